The van der Waals surface area contributed by atoms with Crippen molar-refractivity contribution in [1.29, 1.82) is 0 Å². The van der Waals surface area contributed by atoms with Gasteiger partial charge in [-0.15, -0.1) is 0 Å². The predicted octanol–water partition coefficient (Wildman–Crippen LogP) is 3.36. The summed E-state index contributed by atoms with van der Waals surface area (Å²) in [7, 11) is 0. The molecule has 1 saturated heterocycles. The molecule has 0 spiro atoms. The van der Waals surface area contributed by atoms with E-state index in [0.717, 1.165) is 50.5 Å². The number of piperazine rings is 1. The summed E-state index contributed by atoms with van der Waals surface area (Å²) in [6.45, 7) is 6.20. The Morgan fingerprint density at radius 3 is 2.70 bits per heavy atom. The monoisotopic (exact) mass is 331 g/mol. The summed E-state index contributed by atoms with van der Waals surface area (Å²) >= 11 is 6.28. The Bertz CT molecular complexity index is 653. The molecule has 2 heterocycles. The molecule has 0 aliphatic carbocycles. The molecule has 0 unspecified atom stereocenters. The van der Waals surface area contributed by atoms with Crippen LogP contribution in [0.25, 0.3) is 0 Å². The van der Waals surface area contributed by atoms with Crippen LogP contribution < -0.4 is 4.90 Å². The first-order valence-corrected chi connectivity index (χ1v) is 8.77. The lowest BCUT2D eigenvalue weighted by Crippen LogP contribution is -2.42. The number of halogens is 1. The molecule has 0 bridgehead atoms. The summed E-state index contributed by atoms with van der Waals surface area (Å²) in [5.74, 6) is 0.992. The lowest BCUT2D eigenvalue weighted by atomic mass is 10.2. The number of nitrogens with one attached hydrogen (secondary N) is 1. The van der Waals surface area contributed by atoms with Crippen molar-refractivity contribution in [3.05, 3.63) is 47.0 Å². The van der Waals surface area contributed by atoms with Crippen LogP contribution in [0.5, 0.6) is 0 Å². The number of hydrogen-bond acceptors (Lipinski definition) is 2. The van der Waals surface area contributed by atoms with Crippen LogP contribution in [0.4, 0.5) is 5.69 Å². The minimum atomic E-state index is 0.654. The molecule has 0 saturated carbocycles. The highest BCUT2D eigenvalue weighted by Crippen LogP contribution is 2.15. The normalized spacial score (nSPS) is 15.0. The predicted molar refractivity (Wildman–Crippen MR) is 96.0 cm³/mol. The van der Waals surface area contributed by atoms with E-state index in [0.29, 0.717) is 5.15 Å². The van der Waals surface area contributed by atoms with Crippen LogP contribution in [0.3, 0.4) is 0 Å². The van der Waals surface area contributed by atoms with Gasteiger partial charge in [-0.05, 0) is 18.6 Å². The smallest absolute Gasteiger partial charge is 0.192 e. The number of aryl methyl sites for hydroxylation is 1. The zero-order chi connectivity index (χ0) is 16.1. The number of aromatic nitrogens is 2. The van der Waals surface area contributed by atoms with Crippen LogP contribution >= 0.6 is 11.6 Å². The van der Waals surface area contributed by atoms with E-state index in [-0.39, 0.29) is 0 Å². The van der Waals surface area contributed by atoms with Crippen molar-refractivity contribution in [2.45, 2.75) is 26.2 Å². The van der Waals surface area contributed by atoms with Gasteiger partial charge in [-0.3, -0.25) is 0 Å². The fourth-order valence-corrected chi connectivity index (χ4v) is 3.08. The van der Waals surface area contributed by atoms with Crippen molar-refractivity contribution < 1.29 is 4.58 Å². The number of nitrogens with zero attached hydrogens (tertiary/aromatic N) is 3. The van der Waals surface area contributed by atoms with Gasteiger partial charge in [0.1, 0.15) is 11.0 Å². The summed E-state index contributed by atoms with van der Waals surface area (Å²) in [6, 6.07) is 10.6. The third kappa shape index (κ3) is 4.14. The number of hydrogen-bond donors (Lipinski definition) is 1. The van der Waals surface area contributed by atoms with Gasteiger partial charge in [-0.25, -0.2) is 9.56 Å². The van der Waals surface area contributed by atoms with E-state index >= 15 is 0 Å². The Morgan fingerprint density at radius 2 is 2.00 bits per heavy atom. The molecule has 23 heavy (non-hydrogen) atoms. The lowest BCUT2D eigenvalue weighted by Gasteiger charge is -2.27. The van der Waals surface area contributed by atoms with E-state index in [9.17, 15) is 0 Å². The fraction of sp³-hybridized carbons (Fsp3) is 0.444. The van der Waals surface area contributed by atoms with E-state index in [4.69, 9.17) is 11.6 Å². The highest BCUT2D eigenvalue weighted by atomic mass is 35.5. The Labute approximate surface area is 142 Å². The number of H-pyrrole nitrogens is 1. The van der Waals surface area contributed by atoms with Gasteiger partial charge in [-0.1, -0.05) is 43.1 Å². The van der Waals surface area contributed by atoms with Crippen LogP contribution in [0, 0.1) is 0 Å². The van der Waals surface area contributed by atoms with Crippen LogP contribution in [-0.4, -0.2) is 46.9 Å². The van der Waals surface area contributed by atoms with Gasteiger partial charge in [0.05, 0.1) is 13.1 Å². The number of para-hydroxylation sites is 1. The maximum atomic E-state index is 6.28. The molecule has 0 amide bonds. The third-order valence-corrected chi connectivity index (χ3v) is 4.53. The molecule has 1 N–H and O–H groups in total. The van der Waals surface area contributed by atoms with Crippen molar-refractivity contribution in [1.82, 2.24) is 9.97 Å². The van der Waals surface area contributed by atoms with Gasteiger partial charge < -0.3 is 9.88 Å². The van der Waals surface area contributed by atoms with Crippen molar-refractivity contribution in [3.63, 3.8) is 0 Å². The molecular formula is C18H24ClN4+. The quantitative estimate of drug-likeness (QED) is 0.853. The maximum absolute atomic E-state index is 6.28. The molecule has 1 aromatic carbocycles. The second-order valence-electron chi connectivity index (χ2n) is 5.97. The molecule has 1 aromatic heterocycles. The summed E-state index contributed by atoms with van der Waals surface area (Å²) in [5.41, 5.74) is 2.16. The van der Waals surface area contributed by atoms with Gasteiger partial charge in [0.25, 0.3) is 0 Å². The van der Waals surface area contributed by atoms with Crippen LogP contribution in [0.2, 0.25) is 5.15 Å². The van der Waals surface area contributed by atoms with Gasteiger partial charge >= 0.3 is 0 Å². The number of unbranched alkanes of at least 4 members (excludes halogenated alkanes) is 1. The summed E-state index contributed by atoms with van der Waals surface area (Å²) < 4.78 is 2.31. The SMILES string of the molecule is CCCCc1nc(C=[N+]2CCN(c3ccccc3)CC2)c(Cl)[nH]1. The molecular weight excluding hydrogens is 308 g/mol. The first kappa shape index (κ1) is 16.1. The first-order chi connectivity index (χ1) is 11.3. The molecule has 0 atom stereocenters. The van der Waals surface area contributed by atoms with E-state index in [1.807, 2.05) is 0 Å². The maximum Gasteiger partial charge on any atom is 0.192 e. The largest absolute Gasteiger partial charge is 0.359 e. The van der Waals surface area contributed by atoms with E-state index in [2.05, 4.69) is 62.9 Å². The minimum absolute atomic E-state index is 0.654. The fourth-order valence-electron chi connectivity index (χ4n) is 2.88. The molecule has 0 radical (unpaired) electrons. The highest BCUT2D eigenvalue weighted by molar-refractivity contribution is 6.31. The molecule has 1 aliphatic heterocycles. The number of aromatic amines is 1. The zero-order valence-corrected chi connectivity index (χ0v) is 14.4. The Balaban J connectivity index is 1.63. The molecule has 2 aromatic rings. The highest BCUT2D eigenvalue weighted by Gasteiger charge is 2.20. The Morgan fingerprint density at radius 1 is 1.26 bits per heavy atom. The zero-order valence-electron chi connectivity index (χ0n) is 13.6. The van der Waals surface area contributed by atoms with Gasteiger partial charge in [-0.2, -0.15) is 0 Å². The molecule has 1 aliphatic rings. The van der Waals surface area contributed by atoms with E-state index in [1.165, 1.54) is 12.1 Å². The van der Waals surface area contributed by atoms with Crippen molar-refractivity contribution in [2.75, 3.05) is 31.1 Å². The topological polar surface area (TPSA) is 34.9 Å². The van der Waals surface area contributed by atoms with Gasteiger partial charge in [0, 0.05) is 12.1 Å². The van der Waals surface area contributed by atoms with Crippen LogP contribution in [0.1, 0.15) is 31.3 Å². The minimum Gasteiger partial charge on any atom is -0.359 e. The lowest BCUT2D eigenvalue weighted by molar-refractivity contribution is -0.524. The Kier molecular flexibility index (Phi) is 5.34. The van der Waals surface area contributed by atoms with Crippen molar-refractivity contribution in [2.24, 2.45) is 0 Å². The number of imidazole rings is 1. The van der Waals surface area contributed by atoms with Crippen molar-refractivity contribution in [3.8, 4) is 0 Å². The van der Waals surface area contributed by atoms with Crippen LogP contribution in [0.15, 0.2) is 30.3 Å². The summed E-state index contributed by atoms with van der Waals surface area (Å²) in [4.78, 5) is 10.2. The second-order valence-corrected chi connectivity index (χ2v) is 6.35. The first-order valence-electron chi connectivity index (χ1n) is 8.39. The van der Waals surface area contributed by atoms with E-state index in [1.54, 1.807) is 0 Å². The van der Waals surface area contributed by atoms with Gasteiger partial charge in [0.15, 0.2) is 25.0 Å². The average Bonchev–Trinajstić information content (AvgIpc) is 2.94. The average molecular weight is 332 g/mol. The third-order valence-electron chi connectivity index (χ3n) is 4.24. The summed E-state index contributed by atoms with van der Waals surface area (Å²) in [6.07, 6.45) is 5.36. The second kappa shape index (κ2) is 7.64. The molecule has 3 rings (SSSR count). The van der Waals surface area contributed by atoms with E-state index < -0.39 is 0 Å². The summed E-state index contributed by atoms with van der Waals surface area (Å²) in [5, 5.41) is 0.654. The van der Waals surface area contributed by atoms with Crippen molar-refractivity contribution >= 4 is 23.5 Å². The Hall–Kier alpha value is -1.81. The molecule has 4 nitrogen and oxygen atoms in total. The standard InChI is InChI=1S/C18H23ClN4/c1-2-3-9-17-20-16(18(19)21-17)14-22-10-12-23(13-11-22)15-7-5-4-6-8-15/h4-8,14H,2-3,9-13H2,1H3/p+1. The van der Waals surface area contributed by atoms with Gasteiger partial charge in [0.2, 0.25) is 0 Å². The molecule has 1 fully saturated rings. The molecule has 122 valence electrons. The number of anilines is 1. The van der Waals surface area contributed by atoms with Crippen LogP contribution in [-0.2, 0) is 6.42 Å². The number of benzene rings is 1. The number of rotatable bonds is 5. The molecule has 5 heteroatoms.